The van der Waals surface area contributed by atoms with Gasteiger partial charge in [-0.25, -0.2) is 4.39 Å². The van der Waals surface area contributed by atoms with Crippen molar-refractivity contribution in [3.05, 3.63) is 35.5 Å². The normalized spacial score (nSPS) is 17.0. The average Bonchev–Trinajstić information content (AvgIpc) is 3.24. The zero-order valence-corrected chi connectivity index (χ0v) is 13.7. The summed E-state index contributed by atoms with van der Waals surface area (Å²) in [5.74, 6) is -1.12. The van der Waals surface area contributed by atoms with Crippen LogP contribution in [0, 0.1) is 18.7 Å². The minimum atomic E-state index is -0.869. The molecule has 1 fully saturated rings. The quantitative estimate of drug-likeness (QED) is 0.889. The molecule has 1 aromatic heterocycles. The fourth-order valence-electron chi connectivity index (χ4n) is 2.82. The molecule has 1 atom stereocenters. The second-order valence-electron chi connectivity index (χ2n) is 6.14. The topological polar surface area (TPSA) is 96.5 Å². The molecule has 1 N–H and O–H groups in total. The predicted molar refractivity (Wildman–Crippen MR) is 85.1 cm³/mol. The number of amides is 1. The number of halogens is 1. The van der Waals surface area contributed by atoms with E-state index >= 15 is 0 Å². The van der Waals surface area contributed by atoms with Crippen LogP contribution in [0.15, 0.2) is 22.7 Å². The fourth-order valence-corrected chi connectivity index (χ4v) is 2.82. The molecule has 0 spiro atoms. The van der Waals surface area contributed by atoms with E-state index in [0.29, 0.717) is 35.8 Å². The largest absolute Gasteiger partial charge is 0.481 e. The van der Waals surface area contributed by atoms with Crippen molar-refractivity contribution in [3.63, 3.8) is 0 Å². The van der Waals surface area contributed by atoms with Crippen molar-refractivity contribution >= 4 is 11.9 Å². The number of rotatable bonds is 5. The molecule has 0 radical (unpaired) electrons. The summed E-state index contributed by atoms with van der Waals surface area (Å²) in [6.45, 7) is 2.36. The Morgan fingerprint density at radius 3 is 2.92 bits per heavy atom. The molecule has 1 amide bonds. The summed E-state index contributed by atoms with van der Waals surface area (Å²) < 4.78 is 18.5. The number of hydrogen-bond donors (Lipinski definition) is 1. The second kappa shape index (κ2) is 7.00. The number of aryl methyl sites for hydroxylation is 2. The van der Waals surface area contributed by atoms with Crippen LogP contribution in [0.5, 0.6) is 0 Å². The lowest BCUT2D eigenvalue weighted by Gasteiger charge is -2.14. The van der Waals surface area contributed by atoms with Crippen molar-refractivity contribution in [2.75, 3.05) is 13.1 Å². The van der Waals surface area contributed by atoms with Crippen LogP contribution < -0.4 is 0 Å². The van der Waals surface area contributed by atoms with Crippen LogP contribution in [0.2, 0.25) is 0 Å². The van der Waals surface area contributed by atoms with E-state index in [2.05, 4.69) is 10.1 Å². The number of likely N-dealkylation sites (tertiary alicyclic amines) is 1. The summed E-state index contributed by atoms with van der Waals surface area (Å²) in [6, 6.07) is 4.54. The summed E-state index contributed by atoms with van der Waals surface area (Å²) in [4.78, 5) is 28.9. The molecule has 0 aliphatic carbocycles. The molecule has 1 saturated heterocycles. The van der Waals surface area contributed by atoms with Crippen LogP contribution in [-0.2, 0) is 16.0 Å². The molecule has 0 saturated carbocycles. The Labute approximate surface area is 143 Å². The molecule has 2 aromatic rings. The maximum atomic E-state index is 13.3. The van der Waals surface area contributed by atoms with Gasteiger partial charge in [0.2, 0.25) is 17.6 Å². The van der Waals surface area contributed by atoms with Crippen molar-refractivity contribution in [3.8, 4) is 11.4 Å². The number of aromatic nitrogens is 2. The van der Waals surface area contributed by atoms with Gasteiger partial charge in [0.05, 0.1) is 5.92 Å². The zero-order chi connectivity index (χ0) is 18.0. The van der Waals surface area contributed by atoms with Gasteiger partial charge < -0.3 is 14.5 Å². The SMILES string of the molecule is Cc1cc(-c2noc(CCC(=O)N3CCC(C(=O)O)C3)n2)ccc1F. The minimum Gasteiger partial charge on any atom is -0.481 e. The number of nitrogens with zero attached hydrogens (tertiary/aromatic N) is 3. The molecule has 1 aliphatic rings. The van der Waals surface area contributed by atoms with E-state index in [1.54, 1.807) is 24.0 Å². The van der Waals surface area contributed by atoms with Gasteiger partial charge in [-0.1, -0.05) is 5.16 Å². The van der Waals surface area contributed by atoms with Crippen LogP contribution in [0.25, 0.3) is 11.4 Å². The zero-order valence-electron chi connectivity index (χ0n) is 13.7. The van der Waals surface area contributed by atoms with E-state index in [0.717, 1.165) is 0 Å². The van der Waals surface area contributed by atoms with Gasteiger partial charge in [-0.3, -0.25) is 9.59 Å². The highest BCUT2D eigenvalue weighted by molar-refractivity contribution is 5.78. The summed E-state index contributed by atoms with van der Waals surface area (Å²) in [6.07, 6.45) is 0.937. The second-order valence-corrected chi connectivity index (χ2v) is 6.14. The molecular weight excluding hydrogens is 329 g/mol. The first-order valence-corrected chi connectivity index (χ1v) is 8.03. The predicted octanol–water partition coefficient (Wildman–Crippen LogP) is 2.05. The van der Waals surface area contributed by atoms with Crippen molar-refractivity contribution in [2.45, 2.75) is 26.2 Å². The summed E-state index contributed by atoms with van der Waals surface area (Å²) in [5.41, 5.74) is 1.13. The van der Waals surface area contributed by atoms with E-state index in [1.165, 1.54) is 6.07 Å². The van der Waals surface area contributed by atoms with E-state index in [4.69, 9.17) is 9.63 Å². The van der Waals surface area contributed by atoms with Crippen LogP contribution >= 0.6 is 0 Å². The highest BCUT2D eigenvalue weighted by Gasteiger charge is 2.30. The van der Waals surface area contributed by atoms with Gasteiger partial charge in [0.25, 0.3) is 0 Å². The molecule has 1 unspecified atom stereocenters. The molecule has 3 rings (SSSR count). The van der Waals surface area contributed by atoms with Gasteiger partial charge in [-0.05, 0) is 37.1 Å². The third-order valence-corrected chi connectivity index (χ3v) is 4.33. The van der Waals surface area contributed by atoms with E-state index in [9.17, 15) is 14.0 Å². The molecule has 0 bridgehead atoms. The van der Waals surface area contributed by atoms with E-state index in [-0.39, 0.29) is 31.1 Å². The highest BCUT2D eigenvalue weighted by Crippen LogP contribution is 2.20. The van der Waals surface area contributed by atoms with Crippen LogP contribution in [0.3, 0.4) is 0 Å². The van der Waals surface area contributed by atoms with Crippen molar-refractivity contribution in [2.24, 2.45) is 5.92 Å². The Morgan fingerprint density at radius 1 is 1.44 bits per heavy atom. The minimum absolute atomic E-state index is 0.124. The Hall–Kier alpha value is -2.77. The molecule has 8 heteroatoms. The standard InChI is InChI=1S/C17H18FN3O4/c1-10-8-11(2-3-13(10)18)16-19-14(25-20-16)4-5-15(22)21-7-6-12(9-21)17(23)24/h2-3,8,12H,4-7,9H2,1H3,(H,23,24). The van der Waals surface area contributed by atoms with Crippen molar-refractivity contribution in [1.29, 1.82) is 0 Å². The Kier molecular flexibility index (Phi) is 4.78. The molecule has 2 heterocycles. The number of carboxylic acid groups (broad SMARTS) is 1. The highest BCUT2D eigenvalue weighted by atomic mass is 19.1. The smallest absolute Gasteiger partial charge is 0.308 e. The van der Waals surface area contributed by atoms with Gasteiger partial charge in [-0.2, -0.15) is 4.98 Å². The first-order chi connectivity index (χ1) is 11.9. The third-order valence-electron chi connectivity index (χ3n) is 4.33. The number of carboxylic acids is 1. The van der Waals surface area contributed by atoms with E-state index in [1.807, 2.05) is 0 Å². The summed E-state index contributed by atoms with van der Waals surface area (Å²) in [5, 5.41) is 12.8. The summed E-state index contributed by atoms with van der Waals surface area (Å²) in [7, 11) is 0. The lowest BCUT2D eigenvalue weighted by Crippen LogP contribution is -2.30. The third kappa shape index (κ3) is 3.84. The van der Waals surface area contributed by atoms with Crippen molar-refractivity contribution < 1.29 is 23.6 Å². The molecule has 1 aromatic carbocycles. The maximum Gasteiger partial charge on any atom is 0.308 e. The van der Waals surface area contributed by atoms with Gasteiger partial charge in [-0.15, -0.1) is 0 Å². The number of carbonyl (C=O) groups excluding carboxylic acids is 1. The van der Waals surface area contributed by atoms with Crippen LogP contribution in [0.1, 0.15) is 24.3 Å². The number of benzene rings is 1. The molecule has 1 aliphatic heterocycles. The molecule has 25 heavy (non-hydrogen) atoms. The van der Waals surface area contributed by atoms with Gasteiger partial charge in [0.15, 0.2) is 0 Å². The maximum absolute atomic E-state index is 13.3. The Bertz CT molecular complexity index is 805. The molecule has 7 nitrogen and oxygen atoms in total. The summed E-state index contributed by atoms with van der Waals surface area (Å²) >= 11 is 0. The first kappa shape index (κ1) is 17.1. The van der Waals surface area contributed by atoms with Crippen LogP contribution in [-0.4, -0.2) is 45.1 Å². The lowest BCUT2D eigenvalue weighted by atomic mass is 10.1. The fraction of sp³-hybridized carbons (Fsp3) is 0.412. The number of carbonyl (C=O) groups is 2. The lowest BCUT2D eigenvalue weighted by molar-refractivity contribution is -0.141. The molecular formula is C17H18FN3O4. The Balaban J connectivity index is 1.58. The van der Waals surface area contributed by atoms with Gasteiger partial charge in [0.1, 0.15) is 5.82 Å². The monoisotopic (exact) mass is 347 g/mol. The number of aliphatic carboxylic acids is 1. The Morgan fingerprint density at radius 2 is 2.24 bits per heavy atom. The van der Waals surface area contributed by atoms with Crippen LogP contribution in [0.4, 0.5) is 4.39 Å². The molecule has 132 valence electrons. The number of hydrogen-bond acceptors (Lipinski definition) is 5. The van der Waals surface area contributed by atoms with Gasteiger partial charge in [0, 0.05) is 31.5 Å². The first-order valence-electron chi connectivity index (χ1n) is 8.03. The van der Waals surface area contributed by atoms with Crippen molar-refractivity contribution in [1.82, 2.24) is 15.0 Å². The van der Waals surface area contributed by atoms with E-state index < -0.39 is 11.9 Å². The average molecular weight is 347 g/mol. The van der Waals surface area contributed by atoms with Gasteiger partial charge >= 0.3 is 5.97 Å².